The second kappa shape index (κ2) is 12.6. The van der Waals surface area contributed by atoms with Crippen LogP contribution in [0.15, 0.2) is 59.6 Å². The number of nitrogens with zero attached hydrogens (tertiary/aromatic N) is 2. The van der Waals surface area contributed by atoms with Crippen LogP contribution in [0.4, 0.5) is 0 Å². The van der Waals surface area contributed by atoms with Crippen molar-refractivity contribution in [1.82, 2.24) is 15.5 Å². The molecular weight excluding hydrogens is 475 g/mol. The van der Waals surface area contributed by atoms with E-state index in [2.05, 4.69) is 15.6 Å². The van der Waals surface area contributed by atoms with Crippen molar-refractivity contribution in [2.75, 3.05) is 27.2 Å². The molecule has 0 heterocycles. The van der Waals surface area contributed by atoms with Gasteiger partial charge in [-0.15, -0.1) is 24.0 Å². The molecule has 1 amide bonds. The van der Waals surface area contributed by atoms with Crippen molar-refractivity contribution in [3.63, 3.8) is 0 Å². The summed E-state index contributed by atoms with van der Waals surface area (Å²) < 4.78 is 0. The van der Waals surface area contributed by atoms with Crippen LogP contribution in [0, 0.1) is 0 Å². The fourth-order valence-corrected chi connectivity index (χ4v) is 2.49. The van der Waals surface area contributed by atoms with E-state index in [-0.39, 0.29) is 36.4 Å². The lowest BCUT2D eigenvalue weighted by molar-refractivity contribution is -0.127. The fourth-order valence-electron chi connectivity index (χ4n) is 2.26. The number of likely N-dealkylation sites (N-methyl/N-ethyl adjacent to an activating group) is 1. The first-order chi connectivity index (χ1) is 12.6. The SMILES string of the molecule is CN(C)C(=O)CNC(=NCc1ccccc1)NCCc1ccccc1Cl.I. The number of hydrogen-bond acceptors (Lipinski definition) is 2. The van der Waals surface area contributed by atoms with Crippen LogP contribution in [-0.4, -0.2) is 44.0 Å². The molecule has 2 aromatic carbocycles. The molecule has 0 unspecified atom stereocenters. The summed E-state index contributed by atoms with van der Waals surface area (Å²) in [6, 6.07) is 17.8. The molecular formula is C20H26ClIN4O. The lowest BCUT2D eigenvalue weighted by Crippen LogP contribution is -2.43. The normalized spacial score (nSPS) is 10.7. The van der Waals surface area contributed by atoms with Crippen molar-refractivity contribution in [1.29, 1.82) is 0 Å². The van der Waals surface area contributed by atoms with Gasteiger partial charge in [-0.1, -0.05) is 60.1 Å². The summed E-state index contributed by atoms with van der Waals surface area (Å²) >= 11 is 6.19. The van der Waals surface area contributed by atoms with E-state index in [4.69, 9.17) is 11.6 Å². The summed E-state index contributed by atoms with van der Waals surface area (Å²) in [4.78, 5) is 17.9. The van der Waals surface area contributed by atoms with Gasteiger partial charge in [-0.25, -0.2) is 4.99 Å². The van der Waals surface area contributed by atoms with Crippen molar-refractivity contribution in [2.45, 2.75) is 13.0 Å². The van der Waals surface area contributed by atoms with Crippen LogP contribution in [0.1, 0.15) is 11.1 Å². The molecule has 0 radical (unpaired) electrons. The lowest BCUT2D eigenvalue weighted by atomic mass is 10.1. The number of carbonyl (C=O) groups excluding carboxylic acids is 1. The molecule has 0 bridgehead atoms. The van der Waals surface area contributed by atoms with Crippen LogP contribution in [-0.2, 0) is 17.8 Å². The van der Waals surface area contributed by atoms with E-state index in [1.807, 2.05) is 54.6 Å². The predicted octanol–water partition coefficient (Wildman–Crippen LogP) is 3.32. The topological polar surface area (TPSA) is 56.7 Å². The number of hydrogen-bond donors (Lipinski definition) is 2. The Bertz CT molecular complexity index is 738. The average molecular weight is 501 g/mol. The van der Waals surface area contributed by atoms with Gasteiger partial charge in [0.2, 0.25) is 5.91 Å². The highest BCUT2D eigenvalue weighted by molar-refractivity contribution is 14.0. The Balaban J connectivity index is 0.00000364. The molecule has 0 atom stereocenters. The maximum absolute atomic E-state index is 11.8. The molecule has 0 saturated heterocycles. The number of halogens is 2. The number of aliphatic imine (C=N–C) groups is 1. The van der Waals surface area contributed by atoms with Gasteiger partial charge in [0.15, 0.2) is 5.96 Å². The highest BCUT2D eigenvalue weighted by Gasteiger charge is 2.06. The van der Waals surface area contributed by atoms with Crippen LogP contribution in [0.2, 0.25) is 5.02 Å². The van der Waals surface area contributed by atoms with E-state index < -0.39 is 0 Å². The van der Waals surface area contributed by atoms with Gasteiger partial charge in [0.05, 0.1) is 13.1 Å². The molecule has 2 rings (SSSR count). The van der Waals surface area contributed by atoms with Gasteiger partial charge in [-0.3, -0.25) is 4.79 Å². The number of nitrogens with one attached hydrogen (secondary N) is 2. The molecule has 146 valence electrons. The van der Waals surface area contributed by atoms with Crippen LogP contribution >= 0.6 is 35.6 Å². The Labute approximate surface area is 183 Å². The number of rotatable bonds is 7. The van der Waals surface area contributed by atoms with E-state index >= 15 is 0 Å². The summed E-state index contributed by atoms with van der Waals surface area (Å²) in [6.07, 6.45) is 0.771. The minimum Gasteiger partial charge on any atom is -0.356 e. The van der Waals surface area contributed by atoms with Crippen LogP contribution in [0.3, 0.4) is 0 Å². The maximum atomic E-state index is 11.8. The lowest BCUT2D eigenvalue weighted by Gasteiger charge is -2.15. The fraction of sp³-hybridized carbons (Fsp3) is 0.300. The molecule has 0 aliphatic heterocycles. The third-order valence-electron chi connectivity index (χ3n) is 3.81. The molecule has 0 aliphatic rings. The second-order valence-electron chi connectivity index (χ2n) is 6.06. The highest BCUT2D eigenvalue weighted by atomic mass is 127. The number of carbonyl (C=O) groups is 1. The zero-order chi connectivity index (χ0) is 18.8. The minimum absolute atomic E-state index is 0. The van der Waals surface area contributed by atoms with Gasteiger partial charge in [0.1, 0.15) is 0 Å². The first kappa shape index (κ1) is 23.2. The Hall–Kier alpha value is -1.80. The molecule has 0 fully saturated rings. The molecule has 0 spiro atoms. The van der Waals surface area contributed by atoms with Crippen molar-refractivity contribution >= 4 is 47.4 Å². The molecule has 2 aromatic rings. The Morgan fingerprint density at radius 3 is 2.37 bits per heavy atom. The van der Waals surface area contributed by atoms with E-state index in [0.29, 0.717) is 19.0 Å². The first-order valence-electron chi connectivity index (χ1n) is 8.56. The van der Waals surface area contributed by atoms with Gasteiger partial charge in [-0.2, -0.15) is 0 Å². The Morgan fingerprint density at radius 2 is 1.70 bits per heavy atom. The molecule has 5 nitrogen and oxygen atoms in total. The van der Waals surface area contributed by atoms with Gasteiger partial charge in [0.25, 0.3) is 0 Å². The molecule has 0 aromatic heterocycles. The number of amides is 1. The van der Waals surface area contributed by atoms with Crippen molar-refractivity contribution in [2.24, 2.45) is 4.99 Å². The third kappa shape index (κ3) is 8.62. The second-order valence-corrected chi connectivity index (χ2v) is 6.47. The Morgan fingerprint density at radius 1 is 1.04 bits per heavy atom. The third-order valence-corrected chi connectivity index (χ3v) is 4.18. The van der Waals surface area contributed by atoms with E-state index in [0.717, 1.165) is 22.6 Å². The standard InChI is InChI=1S/C20H25ClN4O.HI/c1-25(2)19(26)15-24-20(23-14-16-8-4-3-5-9-16)22-13-12-17-10-6-7-11-18(17)21;/h3-11H,12-15H2,1-2H3,(H2,22,23,24);1H. The van der Waals surface area contributed by atoms with Crippen molar-refractivity contribution < 1.29 is 4.79 Å². The first-order valence-corrected chi connectivity index (χ1v) is 8.93. The van der Waals surface area contributed by atoms with Crippen molar-refractivity contribution in [3.05, 3.63) is 70.7 Å². The summed E-state index contributed by atoms with van der Waals surface area (Å²) in [6.45, 7) is 1.40. The zero-order valence-corrected chi connectivity index (χ0v) is 18.7. The summed E-state index contributed by atoms with van der Waals surface area (Å²) in [5, 5.41) is 7.11. The van der Waals surface area contributed by atoms with Gasteiger partial charge < -0.3 is 15.5 Å². The molecule has 27 heavy (non-hydrogen) atoms. The molecule has 0 aliphatic carbocycles. The van der Waals surface area contributed by atoms with Crippen molar-refractivity contribution in [3.8, 4) is 0 Å². The maximum Gasteiger partial charge on any atom is 0.241 e. The summed E-state index contributed by atoms with van der Waals surface area (Å²) in [7, 11) is 3.46. The molecule has 0 saturated carbocycles. The monoisotopic (exact) mass is 500 g/mol. The minimum atomic E-state index is -0.00897. The van der Waals surface area contributed by atoms with Gasteiger partial charge in [-0.05, 0) is 23.6 Å². The molecule has 7 heteroatoms. The number of guanidine groups is 1. The van der Waals surface area contributed by atoms with Crippen LogP contribution < -0.4 is 10.6 Å². The predicted molar refractivity (Wildman–Crippen MR) is 123 cm³/mol. The largest absolute Gasteiger partial charge is 0.356 e. The summed E-state index contributed by atoms with van der Waals surface area (Å²) in [5.74, 6) is 0.599. The number of benzene rings is 2. The van der Waals surface area contributed by atoms with E-state index in [1.54, 1.807) is 19.0 Å². The average Bonchev–Trinajstić information content (AvgIpc) is 2.65. The van der Waals surface area contributed by atoms with Gasteiger partial charge in [0, 0.05) is 25.7 Å². The molecule has 2 N–H and O–H groups in total. The van der Waals surface area contributed by atoms with E-state index in [1.165, 1.54) is 0 Å². The van der Waals surface area contributed by atoms with E-state index in [9.17, 15) is 4.79 Å². The van der Waals surface area contributed by atoms with Crippen LogP contribution in [0.25, 0.3) is 0 Å². The summed E-state index contributed by atoms with van der Waals surface area (Å²) in [5.41, 5.74) is 2.19. The quantitative estimate of drug-likeness (QED) is 0.348. The van der Waals surface area contributed by atoms with Gasteiger partial charge >= 0.3 is 0 Å². The highest BCUT2D eigenvalue weighted by Crippen LogP contribution is 2.14. The zero-order valence-electron chi connectivity index (χ0n) is 15.6. The van der Waals surface area contributed by atoms with Crippen LogP contribution in [0.5, 0.6) is 0 Å². The smallest absolute Gasteiger partial charge is 0.241 e. The Kier molecular flexibility index (Phi) is 10.8.